The molecule has 35 heavy (non-hydrogen) atoms. The molecule has 0 N–H and O–H groups in total. The quantitative estimate of drug-likeness (QED) is 0.265. The summed E-state index contributed by atoms with van der Waals surface area (Å²) < 4.78 is 116. The topological polar surface area (TPSA) is 52.6 Å². The summed E-state index contributed by atoms with van der Waals surface area (Å²) in [5.74, 6) is -21.3. The smallest absolute Gasteiger partial charge is 0.381 e. The van der Waals surface area contributed by atoms with Crippen molar-refractivity contribution < 1.29 is 54.2 Å². The van der Waals surface area contributed by atoms with Gasteiger partial charge in [-0.15, -0.1) is 0 Å². The van der Waals surface area contributed by atoms with Crippen LogP contribution in [0.3, 0.4) is 0 Å². The maximum atomic E-state index is 14.0. The molecule has 0 amide bonds. The number of hydrogen-bond donors (Lipinski definition) is 0. The lowest BCUT2D eigenvalue weighted by atomic mass is 9.64. The van der Waals surface area contributed by atoms with Crippen molar-refractivity contribution in [1.29, 1.82) is 0 Å². The number of rotatable bonds is 9. The molecule has 12 heteroatoms. The number of halogens is 8. The van der Waals surface area contributed by atoms with Crippen molar-refractivity contribution >= 4 is 11.9 Å². The molecule has 0 aromatic rings. The molecule has 5 atom stereocenters. The minimum absolute atomic E-state index is 0.0600. The van der Waals surface area contributed by atoms with Gasteiger partial charge in [-0.3, -0.25) is 9.59 Å². The monoisotopic (exact) mass is 522 g/mol. The van der Waals surface area contributed by atoms with Crippen LogP contribution in [0.4, 0.5) is 35.1 Å². The second-order valence-corrected chi connectivity index (χ2v) is 10.4. The second-order valence-electron chi connectivity index (χ2n) is 10.4. The predicted octanol–water partition coefficient (Wildman–Crippen LogP) is 6.27. The summed E-state index contributed by atoms with van der Waals surface area (Å²) in [4.78, 5) is 25.8. The molecule has 0 aliphatic heterocycles. The van der Waals surface area contributed by atoms with E-state index in [0.29, 0.717) is 19.3 Å². The third-order valence-corrected chi connectivity index (χ3v) is 8.35. The number of carbonyl (C=O) groups is 2. The van der Waals surface area contributed by atoms with Crippen LogP contribution in [-0.4, -0.2) is 48.8 Å². The van der Waals surface area contributed by atoms with E-state index >= 15 is 0 Å². The number of alkyl halides is 8. The van der Waals surface area contributed by atoms with Crippen LogP contribution >= 0.6 is 0 Å². The van der Waals surface area contributed by atoms with Crippen molar-refractivity contribution in [3.05, 3.63) is 0 Å². The van der Waals surface area contributed by atoms with Crippen molar-refractivity contribution in [2.45, 2.75) is 95.5 Å². The van der Waals surface area contributed by atoms with Crippen molar-refractivity contribution in [3.8, 4) is 0 Å². The Labute approximate surface area is 198 Å². The highest BCUT2D eigenvalue weighted by Crippen LogP contribution is 2.63. The standard InChI is InChI=1S/C23H30F8O4/c1-12-13(2)16-8-14(12)9-20(16,10-17(32)35-15-6-4-3-5-7-15)19(33)34-11-21(26,27)23(30,31)22(28,29)18(24)25/h12-16,18H,3-11H2,1-2H3. The molecule has 4 nitrogen and oxygen atoms in total. The Balaban J connectivity index is 1.77. The molecule has 0 saturated heterocycles. The first-order chi connectivity index (χ1) is 16.1. The van der Waals surface area contributed by atoms with Gasteiger partial charge in [-0.1, -0.05) is 20.3 Å². The highest BCUT2D eigenvalue weighted by Gasteiger charge is 2.76. The average Bonchev–Trinajstić information content (AvgIpc) is 3.28. The van der Waals surface area contributed by atoms with E-state index in [1.165, 1.54) is 0 Å². The van der Waals surface area contributed by atoms with Gasteiger partial charge in [0.25, 0.3) is 0 Å². The molecule has 202 valence electrons. The van der Waals surface area contributed by atoms with E-state index in [-0.39, 0.29) is 30.3 Å². The minimum Gasteiger partial charge on any atom is -0.462 e. The van der Waals surface area contributed by atoms with Crippen LogP contribution in [0, 0.1) is 29.1 Å². The predicted molar refractivity (Wildman–Crippen MR) is 106 cm³/mol. The first-order valence-corrected chi connectivity index (χ1v) is 11.8. The van der Waals surface area contributed by atoms with Gasteiger partial charge in [-0.2, -0.15) is 26.3 Å². The van der Waals surface area contributed by atoms with Gasteiger partial charge in [-0.25, -0.2) is 8.78 Å². The summed E-state index contributed by atoms with van der Waals surface area (Å²) in [7, 11) is 0. The van der Waals surface area contributed by atoms with Gasteiger partial charge >= 0.3 is 36.1 Å². The summed E-state index contributed by atoms with van der Waals surface area (Å²) in [5, 5.41) is 0. The van der Waals surface area contributed by atoms with Crippen LogP contribution < -0.4 is 0 Å². The molecule has 2 bridgehead atoms. The van der Waals surface area contributed by atoms with Crippen molar-refractivity contribution in [2.75, 3.05) is 6.61 Å². The lowest BCUT2D eigenvalue weighted by Crippen LogP contribution is -2.59. The zero-order valence-electron chi connectivity index (χ0n) is 19.5. The van der Waals surface area contributed by atoms with Gasteiger partial charge in [0, 0.05) is 0 Å². The third-order valence-electron chi connectivity index (χ3n) is 8.35. The molecule has 0 aromatic heterocycles. The first kappa shape index (κ1) is 28.0. The minimum atomic E-state index is -6.47. The fraction of sp³-hybridized carbons (Fsp3) is 0.913. The first-order valence-electron chi connectivity index (χ1n) is 11.8. The van der Waals surface area contributed by atoms with Crippen LogP contribution in [-0.2, 0) is 19.1 Å². The largest absolute Gasteiger partial charge is 0.462 e. The molecule has 0 aromatic carbocycles. The Morgan fingerprint density at radius 3 is 2.09 bits per heavy atom. The maximum Gasteiger partial charge on any atom is 0.381 e. The van der Waals surface area contributed by atoms with E-state index in [9.17, 15) is 44.7 Å². The molecule has 3 aliphatic rings. The van der Waals surface area contributed by atoms with Crippen LogP contribution in [0.5, 0.6) is 0 Å². The molecule has 3 aliphatic carbocycles. The van der Waals surface area contributed by atoms with Gasteiger partial charge < -0.3 is 9.47 Å². The fourth-order valence-electron chi connectivity index (χ4n) is 6.12. The van der Waals surface area contributed by atoms with E-state index in [4.69, 9.17) is 4.74 Å². The highest BCUT2D eigenvalue weighted by atomic mass is 19.4. The van der Waals surface area contributed by atoms with Crippen molar-refractivity contribution in [1.82, 2.24) is 0 Å². The zero-order chi connectivity index (χ0) is 26.4. The third kappa shape index (κ3) is 4.86. The summed E-state index contributed by atoms with van der Waals surface area (Å²) >= 11 is 0. The normalized spacial score (nSPS) is 32.2. The average molecular weight is 522 g/mol. The molecule has 0 radical (unpaired) electrons. The fourth-order valence-corrected chi connectivity index (χ4v) is 6.12. The van der Waals surface area contributed by atoms with Crippen LogP contribution in [0.2, 0.25) is 0 Å². The summed E-state index contributed by atoms with van der Waals surface area (Å²) in [6.45, 7) is 1.23. The van der Waals surface area contributed by atoms with E-state index < -0.39 is 60.5 Å². The van der Waals surface area contributed by atoms with E-state index in [1.54, 1.807) is 0 Å². The lowest BCUT2D eigenvalue weighted by Gasteiger charge is -2.41. The van der Waals surface area contributed by atoms with Gasteiger partial charge in [0.05, 0.1) is 11.8 Å². The summed E-state index contributed by atoms with van der Waals surface area (Å²) in [6, 6.07) is 0. The molecular weight excluding hydrogens is 492 g/mol. The molecule has 0 heterocycles. The van der Waals surface area contributed by atoms with Gasteiger partial charge in [0.2, 0.25) is 0 Å². The zero-order valence-corrected chi connectivity index (χ0v) is 19.5. The molecular formula is C23H30F8O4. The Kier molecular flexibility index (Phi) is 7.74. The Morgan fingerprint density at radius 2 is 1.57 bits per heavy atom. The van der Waals surface area contributed by atoms with Crippen molar-refractivity contribution in [2.24, 2.45) is 29.1 Å². The number of carbonyl (C=O) groups excluding carboxylic acids is 2. The lowest BCUT2D eigenvalue weighted by molar-refractivity contribution is -0.344. The Bertz CT molecular complexity index is 796. The van der Waals surface area contributed by atoms with Gasteiger partial charge in [0.1, 0.15) is 6.10 Å². The molecule has 5 unspecified atom stereocenters. The Morgan fingerprint density at radius 1 is 0.971 bits per heavy atom. The van der Waals surface area contributed by atoms with Gasteiger partial charge in [0.15, 0.2) is 6.61 Å². The number of ether oxygens (including phenoxy) is 2. The highest BCUT2D eigenvalue weighted by molar-refractivity contribution is 5.84. The van der Waals surface area contributed by atoms with E-state index in [0.717, 1.165) is 19.3 Å². The molecule has 3 rings (SSSR count). The van der Waals surface area contributed by atoms with Crippen LogP contribution in [0.1, 0.15) is 65.2 Å². The summed E-state index contributed by atoms with van der Waals surface area (Å²) in [5.41, 5.74) is -1.64. The molecule has 0 spiro atoms. The van der Waals surface area contributed by atoms with Crippen LogP contribution in [0.25, 0.3) is 0 Å². The van der Waals surface area contributed by atoms with Gasteiger partial charge in [-0.05, 0) is 62.2 Å². The SMILES string of the molecule is CC1C2CC(C1C)C(CC(=O)OC1CCCCC1)(C(=O)OCC(F)(F)C(F)(F)C(F)(F)C(F)F)C2. The molecule has 3 saturated carbocycles. The number of hydrogen-bond acceptors (Lipinski definition) is 4. The van der Waals surface area contributed by atoms with Crippen molar-refractivity contribution in [3.63, 3.8) is 0 Å². The second kappa shape index (κ2) is 9.68. The Hall–Kier alpha value is -1.62. The van der Waals surface area contributed by atoms with E-state index in [2.05, 4.69) is 4.74 Å². The number of fused-ring (bicyclic) bond motifs is 2. The summed E-state index contributed by atoms with van der Waals surface area (Å²) in [6.07, 6.45) is -1.39. The maximum absolute atomic E-state index is 14.0. The van der Waals surface area contributed by atoms with Crippen LogP contribution in [0.15, 0.2) is 0 Å². The van der Waals surface area contributed by atoms with E-state index in [1.807, 2.05) is 13.8 Å². The molecule has 3 fully saturated rings. The number of esters is 2.